The quantitative estimate of drug-likeness (QED) is 0.873. The van der Waals surface area contributed by atoms with Gasteiger partial charge in [0.1, 0.15) is 0 Å². The number of hydrogen-bond donors (Lipinski definition) is 2. The van der Waals surface area contributed by atoms with Gasteiger partial charge in [-0.3, -0.25) is 4.79 Å². The van der Waals surface area contributed by atoms with Crippen LogP contribution in [-0.2, 0) is 0 Å². The fourth-order valence-electron chi connectivity index (χ4n) is 2.37. The van der Waals surface area contributed by atoms with Gasteiger partial charge in [0.15, 0.2) is 0 Å². The number of anilines is 1. The van der Waals surface area contributed by atoms with Gasteiger partial charge in [-0.1, -0.05) is 19.1 Å². The molecule has 0 saturated carbocycles. The molecule has 2 rings (SSSR count). The zero-order valence-corrected chi connectivity index (χ0v) is 11.6. The first kappa shape index (κ1) is 13.9. The molecule has 1 aliphatic heterocycles. The Morgan fingerprint density at radius 1 is 1.47 bits per heavy atom. The molecule has 4 heteroatoms. The minimum atomic E-state index is -0.749. The van der Waals surface area contributed by atoms with E-state index in [4.69, 9.17) is 0 Å². The summed E-state index contributed by atoms with van der Waals surface area (Å²) in [4.78, 5) is 14.2. The van der Waals surface area contributed by atoms with Crippen LogP contribution in [0.15, 0.2) is 24.3 Å². The van der Waals surface area contributed by atoms with Crippen LogP contribution in [0.25, 0.3) is 0 Å². The maximum atomic E-state index is 12.5. The van der Waals surface area contributed by atoms with Gasteiger partial charge in [-0.15, -0.1) is 0 Å². The van der Waals surface area contributed by atoms with Crippen LogP contribution >= 0.6 is 0 Å². The van der Waals surface area contributed by atoms with Gasteiger partial charge in [-0.25, -0.2) is 0 Å². The predicted molar refractivity (Wildman–Crippen MR) is 76.4 cm³/mol. The number of nitrogens with zero attached hydrogens (tertiary/aromatic N) is 1. The fourth-order valence-corrected chi connectivity index (χ4v) is 2.37. The number of carbonyl (C=O) groups excluding carboxylic acids is 1. The zero-order chi connectivity index (χ0) is 13.9. The van der Waals surface area contributed by atoms with E-state index >= 15 is 0 Å². The van der Waals surface area contributed by atoms with Crippen molar-refractivity contribution in [2.45, 2.75) is 32.3 Å². The Bertz CT molecular complexity index is 457. The van der Waals surface area contributed by atoms with Gasteiger partial charge < -0.3 is 15.3 Å². The molecule has 1 aromatic rings. The molecule has 0 bridgehead atoms. The first-order valence-corrected chi connectivity index (χ1v) is 6.88. The first-order chi connectivity index (χ1) is 9.03. The lowest BCUT2D eigenvalue weighted by Crippen LogP contribution is -2.34. The Balaban J connectivity index is 2.15. The summed E-state index contributed by atoms with van der Waals surface area (Å²) in [6, 6.07) is 7.57. The van der Waals surface area contributed by atoms with Crippen LogP contribution in [0.3, 0.4) is 0 Å². The van der Waals surface area contributed by atoms with Gasteiger partial charge in [-0.05, 0) is 31.9 Å². The lowest BCUT2D eigenvalue weighted by molar-refractivity contribution is 0.0572. The molecule has 0 spiro atoms. The summed E-state index contributed by atoms with van der Waals surface area (Å²) < 4.78 is 0. The second-order valence-corrected chi connectivity index (χ2v) is 5.45. The molecule has 104 valence electrons. The molecular formula is C15H22N2O2. The van der Waals surface area contributed by atoms with Crippen LogP contribution in [0.2, 0.25) is 0 Å². The van der Waals surface area contributed by atoms with Crippen molar-refractivity contribution >= 4 is 11.6 Å². The van der Waals surface area contributed by atoms with Gasteiger partial charge in [0.25, 0.3) is 5.91 Å². The van der Waals surface area contributed by atoms with E-state index in [1.807, 2.05) is 24.3 Å². The molecule has 2 N–H and O–H groups in total. The number of benzene rings is 1. The second kappa shape index (κ2) is 5.61. The van der Waals surface area contributed by atoms with Crippen molar-refractivity contribution < 1.29 is 9.90 Å². The average Bonchev–Trinajstić information content (AvgIpc) is 2.76. The summed E-state index contributed by atoms with van der Waals surface area (Å²) >= 11 is 0. The molecule has 4 nitrogen and oxygen atoms in total. The molecule has 0 aliphatic carbocycles. The van der Waals surface area contributed by atoms with Gasteiger partial charge in [0, 0.05) is 25.3 Å². The molecule has 0 aromatic heterocycles. The second-order valence-electron chi connectivity index (χ2n) is 5.45. The highest BCUT2D eigenvalue weighted by Crippen LogP contribution is 2.24. The van der Waals surface area contributed by atoms with Crippen LogP contribution in [0, 0.1) is 0 Å². The SMILES string of the molecule is CCCNc1ccccc1C(=O)N1CCC(C)(O)C1. The molecule has 1 aliphatic rings. The van der Waals surface area contributed by atoms with E-state index in [1.165, 1.54) is 0 Å². The number of β-amino-alcohol motifs (C(OH)–C–C–N with tert-alkyl or cyclic N) is 1. The van der Waals surface area contributed by atoms with Crippen molar-refractivity contribution in [3.63, 3.8) is 0 Å². The molecule has 1 saturated heterocycles. The number of nitrogens with one attached hydrogen (secondary N) is 1. The summed E-state index contributed by atoms with van der Waals surface area (Å²) in [6.07, 6.45) is 1.66. The van der Waals surface area contributed by atoms with E-state index in [9.17, 15) is 9.90 Å². The van der Waals surface area contributed by atoms with Crippen LogP contribution in [0.5, 0.6) is 0 Å². The lowest BCUT2D eigenvalue weighted by atomic mass is 10.1. The highest BCUT2D eigenvalue weighted by atomic mass is 16.3. The van der Waals surface area contributed by atoms with Crippen molar-refractivity contribution in [3.05, 3.63) is 29.8 Å². The van der Waals surface area contributed by atoms with E-state index in [2.05, 4.69) is 12.2 Å². The summed E-state index contributed by atoms with van der Waals surface area (Å²) in [5.41, 5.74) is 0.816. The fraction of sp³-hybridized carbons (Fsp3) is 0.533. The number of likely N-dealkylation sites (tertiary alicyclic amines) is 1. The zero-order valence-electron chi connectivity index (χ0n) is 11.6. The van der Waals surface area contributed by atoms with Crippen molar-refractivity contribution in [1.29, 1.82) is 0 Å². The molecule has 1 fully saturated rings. The van der Waals surface area contributed by atoms with Gasteiger partial charge in [-0.2, -0.15) is 0 Å². The lowest BCUT2D eigenvalue weighted by Gasteiger charge is -2.20. The predicted octanol–water partition coefficient (Wildman–Crippen LogP) is 2.11. The number of aliphatic hydroxyl groups is 1. The van der Waals surface area contributed by atoms with Gasteiger partial charge in [0.2, 0.25) is 0 Å². The third kappa shape index (κ3) is 3.26. The van der Waals surface area contributed by atoms with E-state index < -0.39 is 5.60 Å². The Labute approximate surface area is 114 Å². The Morgan fingerprint density at radius 3 is 2.84 bits per heavy atom. The summed E-state index contributed by atoms with van der Waals surface area (Å²) in [7, 11) is 0. The number of amides is 1. The van der Waals surface area contributed by atoms with Gasteiger partial charge >= 0.3 is 0 Å². The number of carbonyl (C=O) groups is 1. The topological polar surface area (TPSA) is 52.6 Å². The van der Waals surface area contributed by atoms with Gasteiger partial charge in [0.05, 0.1) is 11.2 Å². The molecule has 1 atom stereocenters. The Hall–Kier alpha value is -1.55. The molecule has 0 radical (unpaired) electrons. The van der Waals surface area contributed by atoms with E-state index in [0.29, 0.717) is 25.1 Å². The normalized spacial score (nSPS) is 22.6. The maximum Gasteiger partial charge on any atom is 0.256 e. The standard InChI is InChI=1S/C15H22N2O2/c1-3-9-16-13-7-5-4-6-12(13)14(18)17-10-8-15(2,19)11-17/h4-7,16,19H,3,8-11H2,1-2H3. The highest BCUT2D eigenvalue weighted by Gasteiger charge is 2.34. The smallest absolute Gasteiger partial charge is 0.256 e. The number of hydrogen-bond acceptors (Lipinski definition) is 3. The molecule has 1 aromatic carbocycles. The van der Waals surface area contributed by atoms with Crippen LogP contribution in [-0.4, -0.2) is 41.1 Å². The largest absolute Gasteiger partial charge is 0.388 e. The highest BCUT2D eigenvalue weighted by molar-refractivity contribution is 5.99. The van der Waals surface area contributed by atoms with E-state index in [0.717, 1.165) is 18.7 Å². The van der Waals surface area contributed by atoms with E-state index in [-0.39, 0.29) is 5.91 Å². The maximum absolute atomic E-state index is 12.5. The van der Waals surface area contributed by atoms with Crippen molar-refractivity contribution in [1.82, 2.24) is 4.90 Å². The molecule has 1 amide bonds. The minimum Gasteiger partial charge on any atom is -0.388 e. The monoisotopic (exact) mass is 262 g/mol. The number of rotatable bonds is 4. The van der Waals surface area contributed by atoms with Crippen molar-refractivity contribution in [2.75, 3.05) is 25.0 Å². The Kier molecular flexibility index (Phi) is 4.10. The Morgan fingerprint density at radius 2 is 2.21 bits per heavy atom. The molecule has 1 heterocycles. The first-order valence-electron chi connectivity index (χ1n) is 6.88. The third-order valence-electron chi connectivity index (χ3n) is 3.46. The van der Waals surface area contributed by atoms with Crippen LogP contribution < -0.4 is 5.32 Å². The van der Waals surface area contributed by atoms with Crippen molar-refractivity contribution in [2.24, 2.45) is 0 Å². The molecule has 1 unspecified atom stereocenters. The molecular weight excluding hydrogens is 240 g/mol. The van der Waals surface area contributed by atoms with Crippen molar-refractivity contribution in [3.8, 4) is 0 Å². The summed E-state index contributed by atoms with van der Waals surface area (Å²) in [5, 5.41) is 13.2. The minimum absolute atomic E-state index is 0.00280. The number of para-hydroxylation sites is 1. The third-order valence-corrected chi connectivity index (χ3v) is 3.46. The van der Waals surface area contributed by atoms with Crippen LogP contribution in [0.4, 0.5) is 5.69 Å². The average molecular weight is 262 g/mol. The summed E-state index contributed by atoms with van der Waals surface area (Å²) in [6.45, 7) is 5.75. The van der Waals surface area contributed by atoms with E-state index in [1.54, 1.807) is 11.8 Å². The van der Waals surface area contributed by atoms with Crippen LogP contribution in [0.1, 0.15) is 37.0 Å². The summed E-state index contributed by atoms with van der Waals surface area (Å²) in [5.74, 6) is -0.00280. The molecule has 19 heavy (non-hydrogen) atoms.